The van der Waals surface area contributed by atoms with Gasteiger partial charge in [-0.3, -0.25) is 14.9 Å². The van der Waals surface area contributed by atoms with E-state index in [4.69, 9.17) is 0 Å². The van der Waals surface area contributed by atoms with Crippen LogP contribution in [-0.2, 0) is 0 Å². The molecule has 0 aromatic heterocycles. The van der Waals surface area contributed by atoms with Crippen LogP contribution in [0.15, 0.2) is 18.2 Å². The fourth-order valence-corrected chi connectivity index (χ4v) is 2.73. The first-order valence-electron chi connectivity index (χ1n) is 6.76. The predicted molar refractivity (Wildman–Crippen MR) is 84.7 cm³/mol. The highest BCUT2D eigenvalue weighted by Crippen LogP contribution is 2.34. The summed E-state index contributed by atoms with van der Waals surface area (Å²) in [6.45, 7) is 2.05. The second-order valence-electron chi connectivity index (χ2n) is 5.18. The topological polar surface area (TPSA) is 72.2 Å². The van der Waals surface area contributed by atoms with Crippen molar-refractivity contribution in [2.45, 2.75) is 38.6 Å². The van der Waals surface area contributed by atoms with Crippen molar-refractivity contribution >= 4 is 34.2 Å². The van der Waals surface area contributed by atoms with Crippen LogP contribution < -0.4 is 5.32 Å². The quantitative estimate of drug-likeness (QED) is 0.461. The number of benzene rings is 1. The van der Waals surface area contributed by atoms with Crippen LogP contribution in [0.2, 0.25) is 0 Å². The summed E-state index contributed by atoms with van der Waals surface area (Å²) >= 11 is 2.03. The summed E-state index contributed by atoms with van der Waals surface area (Å²) in [5.41, 5.74) is 0.333. The Hall–Kier alpha value is -1.18. The standard InChI is InChI=1S/C14H17IN2O3/c1-2-10(7-9-3-4-9)16-14(18)12-8-11(17(19)20)5-6-13(12)15/h5-6,8-10H,2-4,7H2,1H3,(H,16,18). The number of nitro benzene ring substituents is 1. The van der Waals surface area contributed by atoms with Gasteiger partial charge in [-0.2, -0.15) is 0 Å². The summed E-state index contributed by atoms with van der Waals surface area (Å²) in [6, 6.07) is 4.53. The van der Waals surface area contributed by atoms with E-state index in [1.807, 2.05) is 29.5 Å². The molecule has 1 fully saturated rings. The molecule has 1 aliphatic carbocycles. The molecule has 1 aliphatic rings. The van der Waals surface area contributed by atoms with Crippen LogP contribution in [0, 0.1) is 19.6 Å². The maximum Gasteiger partial charge on any atom is 0.270 e. The Bertz CT molecular complexity index is 529. The van der Waals surface area contributed by atoms with Crippen LogP contribution in [0.1, 0.15) is 43.0 Å². The van der Waals surface area contributed by atoms with E-state index in [1.54, 1.807) is 6.07 Å². The Kier molecular flexibility index (Phi) is 4.95. The first-order valence-corrected chi connectivity index (χ1v) is 7.84. The molecule has 5 nitrogen and oxygen atoms in total. The molecule has 108 valence electrons. The van der Waals surface area contributed by atoms with Crippen molar-refractivity contribution in [3.8, 4) is 0 Å². The summed E-state index contributed by atoms with van der Waals surface area (Å²) < 4.78 is 0.729. The molecule has 0 heterocycles. The number of hydrogen-bond acceptors (Lipinski definition) is 3. The van der Waals surface area contributed by atoms with Gasteiger partial charge in [-0.25, -0.2) is 0 Å². The third kappa shape index (κ3) is 3.91. The lowest BCUT2D eigenvalue weighted by atomic mass is 10.1. The minimum absolute atomic E-state index is 0.0502. The summed E-state index contributed by atoms with van der Waals surface area (Å²) in [7, 11) is 0. The van der Waals surface area contributed by atoms with Gasteiger partial charge in [0, 0.05) is 21.7 Å². The fourth-order valence-electron chi connectivity index (χ4n) is 2.15. The third-order valence-corrected chi connectivity index (χ3v) is 4.49. The van der Waals surface area contributed by atoms with Crippen LogP contribution in [-0.4, -0.2) is 16.9 Å². The highest BCUT2D eigenvalue weighted by atomic mass is 127. The molecule has 1 N–H and O–H groups in total. The van der Waals surface area contributed by atoms with Gasteiger partial charge < -0.3 is 5.32 Å². The van der Waals surface area contributed by atoms with Gasteiger partial charge >= 0.3 is 0 Å². The Morgan fingerprint density at radius 1 is 1.55 bits per heavy atom. The van der Waals surface area contributed by atoms with Gasteiger partial charge in [0.1, 0.15) is 0 Å². The molecule has 2 rings (SSSR count). The largest absolute Gasteiger partial charge is 0.349 e. The molecule has 1 unspecified atom stereocenters. The molecular weight excluding hydrogens is 371 g/mol. The Labute approximate surface area is 131 Å². The number of carbonyl (C=O) groups excluding carboxylic acids is 1. The number of nitrogens with zero attached hydrogens (tertiary/aromatic N) is 1. The molecule has 0 spiro atoms. The number of amides is 1. The molecule has 0 radical (unpaired) electrons. The Morgan fingerprint density at radius 2 is 2.25 bits per heavy atom. The van der Waals surface area contributed by atoms with Crippen molar-refractivity contribution in [3.63, 3.8) is 0 Å². The predicted octanol–water partition coefficient (Wildman–Crippen LogP) is 3.51. The average Bonchev–Trinajstić information content (AvgIpc) is 3.21. The van der Waals surface area contributed by atoms with Gasteiger partial charge in [0.2, 0.25) is 0 Å². The van der Waals surface area contributed by atoms with Gasteiger partial charge in [-0.15, -0.1) is 0 Å². The van der Waals surface area contributed by atoms with Gasteiger partial charge in [-0.05, 0) is 47.4 Å². The molecule has 0 saturated heterocycles. The second-order valence-corrected chi connectivity index (χ2v) is 6.34. The molecule has 20 heavy (non-hydrogen) atoms. The van der Waals surface area contributed by atoms with E-state index in [-0.39, 0.29) is 17.6 Å². The van der Waals surface area contributed by atoms with E-state index < -0.39 is 4.92 Å². The molecule has 1 aromatic rings. The van der Waals surface area contributed by atoms with Crippen molar-refractivity contribution in [3.05, 3.63) is 37.4 Å². The van der Waals surface area contributed by atoms with Gasteiger partial charge in [0.25, 0.3) is 11.6 Å². The van der Waals surface area contributed by atoms with Gasteiger partial charge in [0.15, 0.2) is 0 Å². The number of halogens is 1. The SMILES string of the molecule is CCC(CC1CC1)NC(=O)c1cc([N+](=O)[O-])ccc1I. The average molecular weight is 388 g/mol. The Morgan fingerprint density at radius 3 is 2.80 bits per heavy atom. The number of hydrogen-bond donors (Lipinski definition) is 1. The normalized spacial score (nSPS) is 15.7. The summed E-state index contributed by atoms with van der Waals surface area (Å²) in [6.07, 6.45) is 4.39. The zero-order valence-electron chi connectivity index (χ0n) is 11.3. The molecular formula is C14H17IN2O3. The molecule has 0 bridgehead atoms. The zero-order chi connectivity index (χ0) is 14.7. The summed E-state index contributed by atoms with van der Waals surface area (Å²) in [5, 5.41) is 13.8. The number of nitro groups is 1. The molecule has 6 heteroatoms. The lowest BCUT2D eigenvalue weighted by Crippen LogP contribution is -2.35. The van der Waals surface area contributed by atoms with Crippen LogP contribution >= 0.6 is 22.6 Å². The Balaban J connectivity index is 2.10. The number of carbonyl (C=O) groups is 1. The third-order valence-electron chi connectivity index (χ3n) is 3.55. The summed E-state index contributed by atoms with van der Waals surface area (Å²) in [4.78, 5) is 22.6. The lowest BCUT2D eigenvalue weighted by Gasteiger charge is -2.17. The van der Waals surface area contributed by atoms with Crippen LogP contribution in [0.25, 0.3) is 0 Å². The van der Waals surface area contributed by atoms with Crippen LogP contribution in [0.4, 0.5) is 5.69 Å². The number of nitrogens with one attached hydrogen (secondary N) is 1. The van der Waals surface area contributed by atoms with Crippen LogP contribution in [0.3, 0.4) is 0 Å². The van der Waals surface area contributed by atoms with E-state index >= 15 is 0 Å². The number of rotatable bonds is 6. The first kappa shape index (κ1) is 15.2. The summed E-state index contributed by atoms with van der Waals surface area (Å²) in [5.74, 6) is 0.523. The molecule has 0 aliphatic heterocycles. The van der Waals surface area contributed by atoms with Crippen molar-refractivity contribution in [2.24, 2.45) is 5.92 Å². The minimum atomic E-state index is -0.478. The van der Waals surface area contributed by atoms with Crippen LogP contribution in [0.5, 0.6) is 0 Å². The van der Waals surface area contributed by atoms with Crippen molar-refractivity contribution in [1.82, 2.24) is 5.32 Å². The van der Waals surface area contributed by atoms with E-state index in [9.17, 15) is 14.9 Å². The number of non-ortho nitro benzene ring substituents is 1. The van der Waals surface area contributed by atoms with E-state index in [2.05, 4.69) is 5.32 Å². The maximum absolute atomic E-state index is 12.3. The molecule has 1 amide bonds. The molecule has 1 atom stereocenters. The van der Waals surface area contributed by atoms with E-state index in [0.29, 0.717) is 5.56 Å². The first-order chi connectivity index (χ1) is 9.51. The van der Waals surface area contributed by atoms with E-state index in [1.165, 1.54) is 25.0 Å². The maximum atomic E-state index is 12.3. The molecule has 1 saturated carbocycles. The van der Waals surface area contributed by atoms with Gasteiger partial charge in [-0.1, -0.05) is 19.8 Å². The van der Waals surface area contributed by atoms with Gasteiger partial charge in [0.05, 0.1) is 10.5 Å². The van der Waals surface area contributed by atoms with Crippen molar-refractivity contribution in [2.75, 3.05) is 0 Å². The van der Waals surface area contributed by atoms with Crippen molar-refractivity contribution in [1.29, 1.82) is 0 Å². The fraction of sp³-hybridized carbons (Fsp3) is 0.500. The second kappa shape index (κ2) is 6.51. The highest BCUT2D eigenvalue weighted by Gasteiger charge is 2.26. The van der Waals surface area contributed by atoms with Crippen molar-refractivity contribution < 1.29 is 9.72 Å². The minimum Gasteiger partial charge on any atom is -0.349 e. The zero-order valence-corrected chi connectivity index (χ0v) is 13.4. The molecule has 1 aromatic carbocycles. The lowest BCUT2D eigenvalue weighted by molar-refractivity contribution is -0.384. The monoisotopic (exact) mass is 388 g/mol. The van der Waals surface area contributed by atoms with E-state index in [0.717, 1.165) is 22.3 Å². The smallest absolute Gasteiger partial charge is 0.270 e. The highest BCUT2D eigenvalue weighted by molar-refractivity contribution is 14.1.